The van der Waals surface area contributed by atoms with Crippen LogP contribution in [0.25, 0.3) is 33.4 Å². The summed E-state index contributed by atoms with van der Waals surface area (Å²) in [6.45, 7) is 0.263. The molecular weight excluding hydrogens is 441 g/mol. The van der Waals surface area contributed by atoms with Gasteiger partial charge in [-0.2, -0.15) is 18.3 Å². The molecule has 0 amide bonds. The zero-order valence-electron chi connectivity index (χ0n) is 17.2. The summed E-state index contributed by atoms with van der Waals surface area (Å²) in [5.74, 6) is 0. The largest absolute Gasteiger partial charge is 0.433 e. The summed E-state index contributed by atoms with van der Waals surface area (Å²) in [5.41, 5.74) is 0.334. The van der Waals surface area contributed by atoms with Gasteiger partial charge >= 0.3 is 6.18 Å². The smallest absolute Gasteiger partial charge is 0.388 e. The van der Waals surface area contributed by atoms with E-state index in [1.54, 1.807) is 24.1 Å². The third-order valence-corrected chi connectivity index (χ3v) is 5.48. The van der Waals surface area contributed by atoms with Crippen LogP contribution in [0.4, 0.5) is 13.2 Å². The van der Waals surface area contributed by atoms with Crippen molar-refractivity contribution in [3.8, 4) is 22.5 Å². The highest BCUT2D eigenvalue weighted by Gasteiger charge is 2.32. The van der Waals surface area contributed by atoms with Crippen molar-refractivity contribution in [3.63, 3.8) is 0 Å². The maximum atomic E-state index is 13.4. The number of ether oxygens (including phenoxy) is 1. The van der Waals surface area contributed by atoms with Crippen LogP contribution >= 0.6 is 0 Å². The van der Waals surface area contributed by atoms with E-state index in [1.807, 2.05) is 0 Å². The average molecular weight is 458 g/mol. The minimum Gasteiger partial charge on any atom is -0.388 e. The number of halogens is 3. The third-order valence-electron chi connectivity index (χ3n) is 5.48. The standard InChI is InChI=1S/C21H17F3N6O3/c1-29-7-12(6-27-29)18-19-13(20(32)30(10-26-19)15-8-33-9-16(15)31)4-14(28-18)11-2-3-17(25-5-11)21(22,23)24/h2-7,10,15-16,31H,8-9H2,1H3/t15?,16-/m0/s1. The zero-order valence-corrected chi connectivity index (χ0v) is 17.2. The molecule has 1 saturated heterocycles. The number of aryl methyl sites for hydroxylation is 1. The van der Waals surface area contributed by atoms with E-state index in [0.717, 1.165) is 12.3 Å². The first-order valence-corrected chi connectivity index (χ1v) is 9.92. The van der Waals surface area contributed by atoms with Crippen LogP contribution in [0.2, 0.25) is 0 Å². The van der Waals surface area contributed by atoms with E-state index in [4.69, 9.17) is 4.74 Å². The molecule has 0 spiro atoms. The molecule has 5 rings (SSSR count). The molecule has 1 fully saturated rings. The fourth-order valence-electron chi connectivity index (χ4n) is 3.78. The molecule has 1 N–H and O–H groups in total. The zero-order chi connectivity index (χ0) is 23.3. The Balaban J connectivity index is 1.72. The third kappa shape index (κ3) is 3.76. The summed E-state index contributed by atoms with van der Waals surface area (Å²) in [5, 5.41) is 14.5. The van der Waals surface area contributed by atoms with Gasteiger partial charge in [0, 0.05) is 30.6 Å². The summed E-state index contributed by atoms with van der Waals surface area (Å²) in [6.07, 6.45) is 0.219. The summed E-state index contributed by atoms with van der Waals surface area (Å²) in [6, 6.07) is 2.98. The summed E-state index contributed by atoms with van der Waals surface area (Å²) >= 11 is 0. The first-order chi connectivity index (χ1) is 15.7. The first kappa shape index (κ1) is 21.2. The summed E-state index contributed by atoms with van der Waals surface area (Å²) in [4.78, 5) is 25.8. The molecule has 0 bridgehead atoms. The Morgan fingerprint density at radius 1 is 1.15 bits per heavy atom. The molecule has 1 aliphatic rings. The lowest BCUT2D eigenvalue weighted by atomic mass is 10.1. The van der Waals surface area contributed by atoms with Crippen LogP contribution in [0.15, 0.2) is 47.9 Å². The number of fused-ring (bicyclic) bond motifs is 1. The Kier molecular flexibility index (Phi) is 4.98. The van der Waals surface area contributed by atoms with Gasteiger partial charge in [-0.05, 0) is 18.2 Å². The molecular formula is C21H17F3N6O3. The minimum atomic E-state index is -4.57. The van der Waals surface area contributed by atoms with E-state index in [0.29, 0.717) is 22.3 Å². The minimum absolute atomic E-state index is 0.106. The lowest BCUT2D eigenvalue weighted by molar-refractivity contribution is -0.141. The maximum absolute atomic E-state index is 13.4. The quantitative estimate of drug-likeness (QED) is 0.502. The normalized spacial score (nSPS) is 18.8. The van der Waals surface area contributed by atoms with Gasteiger partial charge in [0.25, 0.3) is 5.56 Å². The molecule has 12 heteroatoms. The van der Waals surface area contributed by atoms with E-state index in [9.17, 15) is 23.1 Å². The van der Waals surface area contributed by atoms with Gasteiger partial charge in [-0.15, -0.1) is 0 Å². The van der Waals surface area contributed by atoms with Crippen molar-refractivity contribution < 1.29 is 23.0 Å². The van der Waals surface area contributed by atoms with Gasteiger partial charge in [0.2, 0.25) is 0 Å². The lowest BCUT2D eigenvalue weighted by Crippen LogP contribution is -2.32. The van der Waals surface area contributed by atoms with Crippen molar-refractivity contribution >= 4 is 10.9 Å². The van der Waals surface area contributed by atoms with Crippen molar-refractivity contribution in [2.45, 2.75) is 18.3 Å². The Hall–Kier alpha value is -3.64. The predicted octanol–water partition coefficient (Wildman–Crippen LogP) is 2.20. The van der Waals surface area contributed by atoms with Crippen LogP contribution in [0.5, 0.6) is 0 Å². The molecule has 4 aromatic rings. The van der Waals surface area contributed by atoms with Crippen LogP contribution in [0, 0.1) is 0 Å². The Labute approximate surface area is 184 Å². The van der Waals surface area contributed by atoms with Crippen LogP contribution in [0.3, 0.4) is 0 Å². The highest BCUT2D eigenvalue weighted by atomic mass is 19.4. The van der Waals surface area contributed by atoms with Crippen molar-refractivity contribution in [1.29, 1.82) is 0 Å². The van der Waals surface area contributed by atoms with E-state index >= 15 is 0 Å². The van der Waals surface area contributed by atoms with Crippen LogP contribution in [0.1, 0.15) is 11.7 Å². The van der Waals surface area contributed by atoms with Crippen molar-refractivity contribution in [2.24, 2.45) is 7.05 Å². The fraction of sp³-hybridized carbons (Fsp3) is 0.286. The number of hydrogen-bond acceptors (Lipinski definition) is 7. The Morgan fingerprint density at radius 3 is 2.58 bits per heavy atom. The van der Waals surface area contributed by atoms with Gasteiger partial charge in [-0.25, -0.2) is 9.97 Å². The first-order valence-electron chi connectivity index (χ1n) is 9.92. The van der Waals surface area contributed by atoms with Crippen LogP contribution < -0.4 is 5.56 Å². The maximum Gasteiger partial charge on any atom is 0.433 e. The Bertz CT molecular complexity index is 1400. The SMILES string of the molecule is Cn1cc(-c2nc(-c3ccc(C(F)(F)F)nc3)cc3c(=O)n(C4COC[C@@H]4O)cnc23)cn1. The number of hydrogen-bond donors (Lipinski definition) is 1. The monoisotopic (exact) mass is 458 g/mol. The van der Waals surface area contributed by atoms with Gasteiger partial charge in [0.15, 0.2) is 0 Å². The summed E-state index contributed by atoms with van der Waals surface area (Å²) < 4.78 is 46.9. The number of nitrogens with zero attached hydrogens (tertiary/aromatic N) is 6. The second kappa shape index (κ2) is 7.74. The van der Waals surface area contributed by atoms with Crippen LogP contribution in [-0.2, 0) is 18.0 Å². The summed E-state index contributed by atoms with van der Waals surface area (Å²) in [7, 11) is 1.72. The number of pyridine rings is 2. The average Bonchev–Trinajstić information content (AvgIpc) is 3.41. The molecule has 2 atom stereocenters. The molecule has 0 aliphatic carbocycles. The number of aliphatic hydroxyl groups is 1. The van der Waals surface area contributed by atoms with Gasteiger partial charge in [-0.1, -0.05) is 0 Å². The van der Waals surface area contributed by atoms with Gasteiger partial charge < -0.3 is 9.84 Å². The van der Waals surface area contributed by atoms with Crippen molar-refractivity contribution in [1.82, 2.24) is 29.3 Å². The molecule has 1 unspecified atom stereocenters. The molecule has 5 heterocycles. The van der Waals surface area contributed by atoms with E-state index < -0.39 is 29.6 Å². The van der Waals surface area contributed by atoms with Gasteiger partial charge in [-0.3, -0.25) is 19.0 Å². The molecule has 4 aromatic heterocycles. The molecule has 0 saturated carbocycles. The van der Waals surface area contributed by atoms with Gasteiger partial charge in [0.1, 0.15) is 23.0 Å². The molecule has 1 aliphatic heterocycles. The molecule has 0 radical (unpaired) electrons. The Morgan fingerprint density at radius 2 is 1.97 bits per heavy atom. The van der Waals surface area contributed by atoms with E-state index in [2.05, 4.69) is 20.1 Å². The second-order valence-electron chi connectivity index (χ2n) is 7.71. The van der Waals surface area contributed by atoms with Crippen LogP contribution in [-0.4, -0.2) is 53.7 Å². The number of rotatable bonds is 3. The topological polar surface area (TPSA) is 108 Å². The molecule has 33 heavy (non-hydrogen) atoms. The highest BCUT2D eigenvalue weighted by Crippen LogP contribution is 2.31. The van der Waals surface area contributed by atoms with Crippen molar-refractivity contribution in [2.75, 3.05) is 13.2 Å². The molecule has 170 valence electrons. The highest BCUT2D eigenvalue weighted by molar-refractivity contribution is 5.93. The van der Waals surface area contributed by atoms with E-state index in [-0.39, 0.29) is 24.3 Å². The number of aromatic nitrogens is 6. The molecule has 9 nitrogen and oxygen atoms in total. The number of alkyl halides is 3. The van der Waals surface area contributed by atoms with E-state index in [1.165, 1.54) is 23.0 Å². The van der Waals surface area contributed by atoms with Crippen molar-refractivity contribution in [3.05, 3.63) is 59.2 Å². The molecule has 0 aromatic carbocycles. The number of aliphatic hydroxyl groups excluding tert-OH is 1. The second-order valence-corrected chi connectivity index (χ2v) is 7.71. The fourth-order valence-corrected chi connectivity index (χ4v) is 3.78. The van der Waals surface area contributed by atoms with Gasteiger partial charge in [0.05, 0.1) is 42.9 Å². The predicted molar refractivity (Wildman–Crippen MR) is 110 cm³/mol. The lowest BCUT2D eigenvalue weighted by Gasteiger charge is -2.17.